The van der Waals surface area contributed by atoms with Gasteiger partial charge in [-0.1, -0.05) is 25.1 Å². The summed E-state index contributed by atoms with van der Waals surface area (Å²) in [5.74, 6) is 1.29. The number of nitrogens with zero attached hydrogens (tertiary/aromatic N) is 2. The molecule has 0 saturated carbocycles. The number of guanidine groups is 1. The highest BCUT2D eigenvalue weighted by Crippen LogP contribution is 2.14. The molecule has 0 radical (unpaired) electrons. The average Bonchev–Trinajstić information content (AvgIpc) is 2.55. The third-order valence-corrected chi connectivity index (χ3v) is 3.91. The van der Waals surface area contributed by atoms with Crippen LogP contribution in [0.1, 0.15) is 36.5 Å². The van der Waals surface area contributed by atoms with Crippen LogP contribution in [-0.2, 0) is 0 Å². The van der Waals surface area contributed by atoms with Crippen LogP contribution in [0.5, 0.6) is 0 Å². The molecule has 1 heterocycles. The largest absolute Gasteiger partial charge is 0.370 e. The zero-order valence-corrected chi connectivity index (χ0v) is 16.0. The van der Waals surface area contributed by atoms with Gasteiger partial charge in [-0.25, -0.2) is 0 Å². The Kier molecular flexibility index (Phi) is 8.98. The maximum absolute atomic E-state index is 11.8. The van der Waals surface area contributed by atoms with Gasteiger partial charge in [0.05, 0.1) is 0 Å². The van der Waals surface area contributed by atoms with Gasteiger partial charge in [0, 0.05) is 31.7 Å². The fourth-order valence-corrected chi connectivity index (χ4v) is 2.66. The van der Waals surface area contributed by atoms with Gasteiger partial charge < -0.3 is 16.0 Å². The second-order valence-electron chi connectivity index (χ2n) is 5.91. The number of rotatable bonds is 5. The molecular formula is C17H27IN4O. The molecule has 1 aromatic rings. The van der Waals surface area contributed by atoms with E-state index in [0.717, 1.165) is 19.5 Å². The number of nitrogens with two attached hydrogens (primary N) is 1. The number of nitrogens with one attached hydrogen (secondary N) is 1. The summed E-state index contributed by atoms with van der Waals surface area (Å²) in [6.45, 7) is 5.51. The minimum absolute atomic E-state index is 0. The summed E-state index contributed by atoms with van der Waals surface area (Å²) in [6, 6.07) is 9.24. The number of piperidine rings is 1. The summed E-state index contributed by atoms with van der Waals surface area (Å²) in [5, 5.41) is 2.90. The van der Waals surface area contributed by atoms with E-state index in [1.165, 1.54) is 12.8 Å². The molecule has 1 saturated heterocycles. The van der Waals surface area contributed by atoms with Gasteiger partial charge in [-0.15, -0.1) is 24.0 Å². The number of amides is 1. The van der Waals surface area contributed by atoms with Gasteiger partial charge >= 0.3 is 0 Å². The lowest BCUT2D eigenvalue weighted by Gasteiger charge is -2.31. The van der Waals surface area contributed by atoms with Crippen molar-refractivity contribution >= 4 is 35.8 Å². The van der Waals surface area contributed by atoms with Gasteiger partial charge in [0.1, 0.15) is 0 Å². The molecule has 0 spiro atoms. The van der Waals surface area contributed by atoms with Crippen molar-refractivity contribution in [3.05, 3.63) is 35.9 Å². The molecule has 1 aliphatic heterocycles. The van der Waals surface area contributed by atoms with E-state index in [9.17, 15) is 4.79 Å². The summed E-state index contributed by atoms with van der Waals surface area (Å²) in [5.41, 5.74) is 6.72. The maximum Gasteiger partial charge on any atom is 0.251 e. The summed E-state index contributed by atoms with van der Waals surface area (Å²) < 4.78 is 0. The Labute approximate surface area is 155 Å². The fraction of sp³-hybridized carbons (Fsp3) is 0.529. The van der Waals surface area contributed by atoms with Crippen molar-refractivity contribution in [3.8, 4) is 0 Å². The molecule has 1 unspecified atom stereocenters. The van der Waals surface area contributed by atoms with E-state index in [2.05, 4.69) is 22.1 Å². The van der Waals surface area contributed by atoms with Crippen LogP contribution in [0.15, 0.2) is 35.3 Å². The lowest BCUT2D eigenvalue weighted by Crippen LogP contribution is -2.43. The number of hydrogen-bond acceptors (Lipinski definition) is 2. The highest BCUT2D eigenvalue weighted by molar-refractivity contribution is 14.0. The second kappa shape index (κ2) is 10.5. The standard InChI is InChI=1S/C17H26N4O.HI/c1-14-7-5-12-21(13-14)17(18)20-11-6-10-19-16(22)15-8-3-2-4-9-15;/h2-4,8-9,14H,5-7,10-13H2,1H3,(H2,18,20)(H,19,22);1H. The van der Waals surface area contributed by atoms with E-state index in [1.807, 2.05) is 30.3 Å². The van der Waals surface area contributed by atoms with Crippen molar-refractivity contribution in [2.24, 2.45) is 16.6 Å². The van der Waals surface area contributed by atoms with E-state index in [0.29, 0.717) is 30.5 Å². The Hall–Kier alpha value is -1.31. The molecule has 2 rings (SSSR count). The second-order valence-corrected chi connectivity index (χ2v) is 5.91. The van der Waals surface area contributed by atoms with Crippen LogP contribution in [0, 0.1) is 5.92 Å². The molecule has 6 heteroatoms. The van der Waals surface area contributed by atoms with Crippen molar-refractivity contribution < 1.29 is 4.79 Å². The molecule has 1 atom stereocenters. The Bertz CT molecular complexity index is 507. The first-order valence-electron chi connectivity index (χ1n) is 8.05. The Morgan fingerprint density at radius 2 is 2.13 bits per heavy atom. The lowest BCUT2D eigenvalue weighted by atomic mass is 10.0. The first-order valence-corrected chi connectivity index (χ1v) is 8.05. The third kappa shape index (κ3) is 6.76. The summed E-state index contributed by atoms with van der Waals surface area (Å²) in [7, 11) is 0. The topological polar surface area (TPSA) is 70.7 Å². The monoisotopic (exact) mass is 430 g/mol. The molecule has 3 N–H and O–H groups in total. The van der Waals surface area contributed by atoms with Crippen molar-refractivity contribution in [1.29, 1.82) is 0 Å². The number of hydrogen-bond donors (Lipinski definition) is 2. The highest BCUT2D eigenvalue weighted by atomic mass is 127. The van der Waals surface area contributed by atoms with Gasteiger partial charge in [-0.3, -0.25) is 9.79 Å². The highest BCUT2D eigenvalue weighted by Gasteiger charge is 2.17. The zero-order chi connectivity index (χ0) is 15.8. The number of likely N-dealkylation sites (tertiary alicyclic amines) is 1. The minimum Gasteiger partial charge on any atom is -0.370 e. The van der Waals surface area contributed by atoms with E-state index in [4.69, 9.17) is 5.73 Å². The van der Waals surface area contributed by atoms with Gasteiger partial charge in [0.25, 0.3) is 5.91 Å². The third-order valence-electron chi connectivity index (χ3n) is 3.91. The zero-order valence-electron chi connectivity index (χ0n) is 13.7. The van der Waals surface area contributed by atoms with Crippen molar-refractivity contribution in [3.63, 3.8) is 0 Å². The van der Waals surface area contributed by atoms with Crippen LogP contribution >= 0.6 is 24.0 Å². The molecule has 128 valence electrons. The van der Waals surface area contributed by atoms with Crippen LogP contribution in [0.3, 0.4) is 0 Å². The van der Waals surface area contributed by atoms with Gasteiger partial charge in [0.15, 0.2) is 5.96 Å². The Morgan fingerprint density at radius 3 is 2.83 bits per heavy atom. The molecule has 0 aliphatic carbocycles. The van der Waals surface area contributed by atoms with Gasteiger partial charge in [-0.2, -0.15) is 0 Å². The van der Waals surface area contributed by atoms with Crippen LogP contribution in [-0.4, -0.2) is 42.9 Å². The molecule has 1 aromatic carbocycles. The molecule has 5 nitrogen and oxygen atoms in total. The number of carbonyl (C=O) groups is 1. The maximum atomic E-state index is 11.8. The molecule has 1 amide bonds. The van der Waals surface area contributed by atoms with Gasteiger partial charge in [0.2, 0.25) is 0 Å². The SMILES string of the molecule is CC1CCCN(C(N)=NCCCNC(=O)c2ccccc2)C1.I. The molecule has 0 aromatic heterocycles. The van der Waals surface area contributed by atoms with Crippen molar-refractivity contribution in [2.45, 2.75) is 26.2 Å². The first kappa shape index (κ1) is 19.7. The number of aliphatic imine (C=N–C) groups is 1. The summed E-state index contributed by atoms with van der Waals surface area (Å²) >= 11 is 0. The van der Waals surface area contributed by atoms with Gasteiger partial charge in [-0.05, 0) is 37.3 Å². The number of benzene rings is 1. The Morgan fingerprint density at radius 1 is 1.39 bits per heavy atom. The van der Waals surface area contributed by atoms with Crippen LogP contribution in [0.4, 0.5) is 0 Å². The van der Waals surface area contributed by atoms with Crippen LogP contribution in [0.2, 0.25) is 0 Å². The molecular weight excluding hydrogens is 403 g/mol. The van der Waals surface area contributed by atoms with Crippen LogP contribution < -0.4 is 11.1 Å². The quantitative estimate of drug-likeness (QED) is 0.326. The summed E-state index contributed by atoms with van der Waals surface area (Å²) in [4.78, 5) is 18.4. The predicted molar refractivity (Wildman–Crippen MR) is 105 cm³/mol. The average molecular weight is 430 g/mol. The first-order chi connectivity index (χ1) is 10.7. The molecule has 23 heavy (non-hydrogen) atoms. The van der Waals surface area contributed by atoms with E-state index < -0.39 is 0 Å². The number of carbonyl (C=O) groups excluding carboxylic acids is 1. The van der Waals surface area contributed by atoms with Crippen molar-refractivity contribution in [2.75, 3.05) is 26.2 Å². The molecule has 0 bridgehead atoms. The van der Waals surface area contributed by atoms with Crippen LogP contribution in [0.25, 0.3) is 0 Å². The molecule has 1 aliphatic rings. The minimum atomic E-state index is -0.0394. The van der Waals surface area contributed by atoms with E-state index in [1.54, 1.807) is 0 Å². The predicted octanol–water partition coefficient (Wildman–Crippen LogP) is 2.47. The fourth-order valence-electron chi connectivity index (χ4n) is 2.66. The normalized spacial score (nSPS) is 18.2. The van der Waals surface area contributed by atoms with E-state index >= 15 is 0 Å². The van der Waals surface area contributed by atoms with E-state index in [-0.39, 0.29) is 29.9 Å². The Balaban J connectivity index is 0.00000264. The number of halogens is 1. The smallest absolute Gasteiger partial charge is 0.251 e. The van der Waals surface area contributed by atoms with Crippen molar-refractivity contribution in [1.82, 2.24) is 10.2 Å². The summed E-state index contributed by atoms with van der Waals surface area (Å²) in [6.07, 6.45) is 3.25. The lowest BCUT2D eigenvalue weighted by molar-refractivity contribution is 0.0953. The molecule has 1 fully saturated rings.